The molecule has 0 heteroatoms. The molecule has 0 radical (unpaired) electrons. The largest absolute Gasteiger partial charge is 0.0995 e. The number of rotatable bonds is 4. The van der Waals surface area contributed by atoms with Gasteiger partial charge in [0.2, 0.25) is 0 Å². The van der Waals surface area contributed by atoms with Crippen LogP contribution >= 0.6 is 0 Å². The van der Waals surface area contributed by atoms with E-state index in [0.29, 0.717) is 5.92 Å². The Morgan fingerprint density at radius 2 is 2.00 bits per heavy atom. The highest BCUT2D eigenvalue weighted by molar-refractivity contribution is 5.18. The van der Waals surface area contributed by atoms with Crippen LogP contribution in [-0.4, -0.2) is 0 Å². The van der Waals surface area contributed by atoms with Gasteiger partial charge in [0.15, 0.2) is 0 Å². The fraction of sp³-hybridized carbons (Fsp3) is 0.778. The summed E-state index contributed by atoms with van der Waals surface area (Å²) in [6, 6.07) is 0. The zero-order chi connectivity index (χ0) is 13.1. The molecule has 0 aromatic heterocycles. The van der Waals surface area contributed by atoms with E-state index < -0.39 is 0 Å². The second-order valence-electron chi connectivity index (χ2n) is 6.72. The first-order valence-corrected chi connectivity index (χ1v) is 7.98. The molecule has 2 aliphatic rings. The second-order valence-corrected chi connectivity index (χ2v) is 6.72. The minimum atomic E-state index is 0.711. The van der Waals surface area contributed by atoms with Gasteiger partial charge in [-0.05, 0) is 43.4 Å². The summed E-state index contributed by atoms with van der Waals surface area (Å²) in [5.74, 6) is 3.35. The Labute approximate surface area is 114 Å². The van der Waals surface area contributed by atoms with Crippen molar-refractivity contribution < 1.29 is 0 Å². The van der Waals surface area contributed by atoms with Crippen LogP contribution in [-0.2, 0) is 0 Å². The zero-order valence-corrected chi connectivity index (χ0v) is 12.5. The maximum Gasteiger partial charge on any atom is -0.0111 e. The smallest absolute Gasteiger partial charge is 0.0111 e. The van der Waals surface area contributed by atoms with E-state index in [4.69, 9.17) is 0 Å². The summed E-state index contributed by atoms with van der Waals surface area (Å²) in [6.07, 6.45) is 12.2. The first-order valence-electron chi connectivity index (χ1n) is 7.98. The van der Waals surface area contributed by atoms with E-state index >= 15 is 0 Å². The third-order valence-electron chi connectivity index (χ3n) is 5.18. The van der Waals surface area contributed by atoms with Gasteiger partial charge in [0, 0.05) is 0 Å². The Kier molecular flexibility index (Phi) is 4.70. The molecule has 0 heterocycles. The third-order valence-corrected chi connectivity index (χ3v) is 5.18. The summed E-state index contributed by atoms with van der Waals surface area (Å²) in [4.78, 5) is 0. The van der Waals surface area contributed by atoms with Gasteiger partial charge in [-0.1, -0.05) is 69.8 Å². The molecule has 2 aliphatic carbocycles. The topological polar surface area (TPSA) is 0 Å². The summed E-state index contributed by atoms with van der Waals surface area (Å²) in [5, 5.41) is 0. The lowest BCUT2D eigenvalue weighted by molar-refractivity contribution is 0.202. The predicted octanol–water partition coefficient (Wildman–Crippen LogP) is 5.75. The summed E-state index contributed by atoms with van der Waals surface area (Å²) < 4.78 is 0. The molecule has 0 amide bonds. The van der Waals surface area contributed by atoms with Crippen molar-refractivity contribution in [3.05, 3.63) is 23.8 Å². The van der Waals surface area contributed by atoms with Gasteiger partial charge >= 0.3 is 0 Å². The Balaban J connectivity index is 2.17. The Hall–Kier alpha value is -0.520. The Morgan fingerprint density at radius 3 is 2.61 bits per heavy atom. The third kappa shape index (κ3) is 2.90. The summed E-state index contributed by atoms with van der Waals surface area (Å²) >= 11 is 0. The van der Waals surface area contributed by atoms with Gasteiger partial charge in [-0.25, -0.2) is 0 Å². The standard InChI is InChI=1S/C18H30/c1-5-8-14(3)18-15(4)11-13(2)12-17(18)16-9-6-7-10-16/h11,15-18H,3,5-10,12H2,1-2,4H3. The summed E-state index contributed by atoms with van der Waals surface area (Å²) in [5.41, 5.74) is 3.16. The summed E-state index contributed by atoms with van der Waals surface area (Å²) in [7, 11) is 0. The van der Waals surface area contributed by atoms with Gasteiger partial charge in [-0.2, -0.15) is 0 Å². The minimum absolute atomic E-state index is 0.711. The highest BCUT2D eigenvalue weighted by atomic mass is 14.4. The molecule has 3 atom stereocenters. The molecular weight excluding hydrogens is 216 g/mol. The molecule has 0 saturated heterocycles. The molecule has 0 spiro atoms. The molecule has 0 aromatic rings. The maximum absolute atomic E-state index is 4.44. The summed E-state index contributed by atoms with van der Waals surface area (Å²) in [6.45, 7) is 11.5. The fourth-order valence-electron chi connectivity index (χ4n) is 4.52. The van der Waals surface area contributed by atoms with E-state index in [1.54, 1.807) is 5.57 Å². The second kappa shape index (κ2) is 6.08. The lowest BCUT2D eigenvalue weighted by Crippen LogP contribution is -2.31. The zero-order valence-electron chi connectivity index (χ0n) is 12.5. The molecule has 1 fully saturated rings. The molecule has 0 bridgehead atoms. The lowest BCUT2D eigenvalue weighted by Gasteiger charge is -2.40. The Morgan fingerprint density at radius 1 is 1.33 bits per heavy atom. The van der Waals surface area contributed by atoms with Crippen molar-refractivity contribution in [1.29, 1.82) is 0 Å². The number of allylic oxidation sites excluding steroid dienone is 3. The lowest BCUT2D eigenvalue weighted by atomic mass is 9.65. The molecule has 102 valence electrons. The van der Waals surface area contributed by atoms with Gasteiger partial charge in [-0.3, -0.25) is 0 Å². The highest BCUT2D eigenvalue weighted by Crippen LogP contribution is 2.47. The first kappa shape index (κ1) is 13.9. The normalized spacial score (nSPS) is 33.5. The van der Waals surface area contributed by atoms with Crippen LogP contribution in [0.3, 0.4) is 0 Å². The molecular formula is C18H30. The van der Waals surface area contributed by atoms with Gasteiger partial charge < -0.3 is 0 Å². The van der Waals surface area contributed by atoms with Crippen molar-refractivity contribution >= 4 is 0 Å². The van der Waals surface area contributed by atoms with Crippen LogP contribution in [0.2, 0.25) is 0 Å². The van der Waals surface area contributed by atoms with Crippen molar-refractivity contribution in [2.24, 2.45) is 23.7 Å². The van der Waals surface area contributed by atoms with Crippen molar-refractivity contribution in [2.45, 2.75) is 65.7 Å². The van der Waals surface area contributed by atoms with Gasteiger partial charge in [-0.15, -0.1) is 0 Å². The highest BCUT2D eigenvalue weighted by Gasteiger charge is 2.37. The number of hydrogen-bond acceptors (Lipinski definition) is 0. The van der Waals surface area contributed by atoms with Crippen molar-refractivity contribution in [1.82, 2.24) is 0 Å². The molecule has 18 heavy (non-hydrogen) atoms. The van der Waals surface area contributed by atoms with Gasteiger partial charge in [0.25, 0.3) is 0 Å². The average Bonchev–Trinajstić information content (AvgIpc) is 2.81. The molecule has 0 aliphatic heterocycles. The molecule has 2 rings (SSSR count). The van der Waals surface area contributed by atoms with Gasteiger partial charge in [0.1, 0.15) is 0 Å². The fourth-order valence-corrected chi connectivity index (χ4v) is 4.52. The van der Waals surface area contributed by atoms with E-state index in [-0.39, 0.29) is 0 Å². The number of hydrogen-bond donors (Lipinski definition) is 0. The molecule has 0 aromatic carbocycles. The molecule has 0 nitrogen and oxygen atoms in total. The SMILES string of the molecule is C=C(CCC)C1C(C)C=C(C)CC1C1CCCC1. The molecule has 1 saturated carbocycles. The van der Waals surface area contributed by atoms with Crippen molar-refractivity contribution in [2.75, 3.05) is 0 Å². The van der Waals surface area contributed by atoms with Crippen LogP contribution in [0.15, 0.2) is 23.8 Å². The van der Waals surface area contributed by atoms with Crippen LogP contribution in [0.4, 0.5) is 0 Å². The van der Waals surface area contributed by atoms with Crippen molar-refractivity contribution in [3.8, 4) is 0 Å². The van der Waals surface area contributed by atoms with E-state index in [1.807, 2.05) is 0 Å². The van der Waals surface area contributed by atoms with E-state index in [2.05, 4.69) is 33.4 Å². The van der Waals surface area contributed by atoms with Crippen LogP contribution in [0.1, 0.15) is 65.7 Å². The monoisotopic (exact) mass is 246 g/mol. The van der Waals surface area contributed by atoms with Crippen LogP contribution in [0.25, 0.3) is 0 Å². The first-order chi connectivity index (χ1) is 8.63. The maximum atomic E-state index is 4.44. The van der Waals surface area contributed by atoms with E-state index in [1.165, 1.54) is 50.5 Å². The van der Waals surface area contributed by atoms with Crippen molar-refractivity contribution in [3.63, 3.8) is 0 Å². The van der Waals surface area contributed by atoms with Crippen LogP contribution in [0.5, 0.6) is 0 Å². The van der Waals surface area contributed by atoms with E-state index in [0.717, 1.165) is 17.8 Å². The average molecular weight is 246 g/mol. The van der Waals surface area contributed by atoms with E-state index in [9.17, 15) is 0 Å². The Bertz CT molecular complexity index is 317. The van der Waals surface area contributed by atoms with Gasteiger partial charge in [0.05, 0.1) is 0 Å². The van der Waals surface area contributed by atoms with Crippen LogP contribution < -0.4 is 0 Å². The quantitative estimate of drug-likeness (QED) is 0.554. The minimum Gasteiger partial charge on any atom is -0.0995 e. The predicted molar refractivity (Wildman–Crippen MR) is 80.5 cm³/mol. The molecule has 3 unspecified atom stereocenters. The molecule has 0 N–H and O–H groups in total. The van der Waals surface area contributed by atoms with Crippen LogP contribution in [0, 0.1) is 23.7 Å².